The summed E-state index contributed by atoms with van der Waals surface area (Å²) in [6.45, 7) is 3.47. The van der Waals surface area contributed by atoms with Crippen molar-refractivity contribution in [3.05, 3.63) is 47.5 Å². The Morgan fingerprint density at radius 1 is 1.20 bits per heavy atom. The van der Waals surface area contributed by atoms with Crippen molar-refractivity contribution in [3.8, 4) is 0 Å². The number of hydrogen-bond acceptors (Lipinski definition) is 5. The molecule has 0 unspecified atom stereocenters. The molecule has 0 saturated carbocycles. The number of nitrogens with one attached hydrogen (secondary N) is 1. The summed E-state index contributed by atoms with van der Waals surface area (Å²) >= 11 is 0. The highest BCUT2D eigenvalue weighted by molar-refractivity contribution is 7.89. The van der Waals surface area contributed by atoms with Crippen LogP contribution >= 0.6 is 0 Å². The van der Waals surface area contributed by atoms with Crippen LogP contribution in [-0.4, -0.2) is 31.5 Å². The molecule has 0 radical (unpaired) electrons. The number of aromatic nitrogens is 2. The molecule has 1 aromatic carbocycles. The summed E-state index contributed by atoms with van der Waals surface area (Å²) in [5.41, 5.74) is 0.961. The number of aryl methyl sites for hydroxylation is 1. The number of piperidine rings is 1. The molecule has 134 valence electrons. The van der Waals surface area contributed by atoms with Gasteiger partial charge in [0.15, 0.2) is 0 Å². The Bertz CT molecular complexity index is 851. The third-order valence-electron chi connectivity index (χ3n) is 4.21. The first-order valence-electron chi connectivity index (χ1n) is 8.28. The molecule has 0 bridgehead atoms. The standard InChI is InChI=1S/C17H21FN4O2S/c1-13-11-14(18)5-6-16(13)25(23,24)20-12-15-7-8-19-17(21-15)22-9-3-2-4-10-22/h5-8,11,20H,2-4,9-10,12H2,1H3. The first kappa shape index (κ1) is 17.8. The smallest absolute Gasteiger partial charge is 0.241 e. The SMILES string of the molecule is Cc1cc(F)ccc1S(=O)(=O)NCc1ccnc(N2CCCCC2)n1. The molecule has 0 spiro atoms. The van der Waals surface area contributed by atoms with Gasteiger partial charge in [0.25, 0.3) is 0 Å². The lowest BCUT2D eigenvalue weighted by molar-refractivity contribution is 0.565. The zero-order valence-electron chi connectivity index (χ0n) is 14.1. The van der Waals surface area contributed by atoms with Crippen LogP contribution in [0.2, 0.25) is 0 Å². The third kappa shape index (κ3) is 4.32. The minimum Gasteiger partial charge on any atom is -0.341 e. The molecule has 2 aromatic rings. The van der Waals surface area contributed by atoms with Crippen LogP contribution in [0.5, 0.6) is 0 Å². The molecule has 6 nitrogen and oxygen atoms in total. The van der Waals surface area contributed by atoms with Gasteiger partial charge in [-0.25, -0.2) is 27.5 Å². The Labute approximate surface area is 147 Å². The third-order valence-corrected chi connectivity index (χ3v) is 5.77. The van der Waals surface area contributed by atoms with Crippen LogP contribution in [-0.2, 0) is 16.6 Å². The van der Waals surface area contributed by atoms with Gasteiger partial charge in [-0.15, -0.1) is 0 Å². The van der Waals surface area contributed by atoms with Crippen molar-refractivity contribution in [2.75, 3.05) is 18.0 Å². The molecule has 1 N–H and O–H groups in total. The maximum Gasteiger partial charge on any atom is 0.241 e. The average molecular weight is 364 g/mol. The lowest BCUT2D eigenvalue weighted by Gasteiger charge is -2.26. The highest BCUT2D eigenvalue weighted by atomic mass is 32.2. The van der Waals surface area contributed by atoms with Gasteiger partial charge in [-0.3, -0.25) is 0 Å². The van der Waals surface area contributed by atoms with E-state index in [1.165, 1.54) is 18.6 Å². The number of nitrogens with zero attached hydrogens (tertiary/aromatic N) is 3. The minimum atomic E-state index is -3.73. The molecule has 1 aliphatic rings. The average Bonchev–Trinajstić information content (AvgIpc) is 2.61. The Balaban J connectivity index is 1.72. The molecular formula is C17H21FN4O2S. The lowest BCUT2D eigenvalue weighted by atomic mass is 10.1. The van der Waals surface area contributed by atoms with E-state index in [9.17, 15) is 12.8 Å². The number of hydrogen-bond donors (Lipinski definition) is 1. The minimum absolute atomic E-state index is 0.0580. The molecule has 25 heavy (non-hydrogen) atoms. The van der Waals surface area contributed by atoms with Crippen LogP contribution in [0.15, 0.2) is 35.4 Å². The van der Waals surface area contributed by atoms with Crippen molar-refractivity contribution in [1.29, 1.82) is 0 Å². The van der Waals surface area contributed by atoms with Crippen molar-refractivity contribution in [2.24, 2.45) is 0 Å². The predicted molar refractivity (Wildman–Crippen MR) is 93.3 cm³/mol. The summed E-state index contributed by atoms with van der Waals surface area (Å²) in [5.74, 6) is 0.174. The Hall–Kier alpha value is -2.06. The van der Waals surface area contributed by atoms with E-state index in [0.717, 1.165) is 32.0 Å². The molecule has 0 atom stereocenters. The van der Waals surface area contributed by atoms with Gasteiger partial charge in [0, 0.05) is 19.3 Å². The van der Waals surface area contributed by atoms with Crippen LogP contribution in [0.25, 0.3) is 0 Å². The van der Waals surface area contributed by atoms with Gasteiger partial charge in [-0.1, -0.05) is 0 Å². The summed E-state index contributed by atoms with van der Waals surface area (Å²) < 4.78 is 40.6. The molecule has 0 amide bonds. The molecule has 1 aromatic heterocycles. The Morgan fingerprint density at radius 2 is 1.96 bits per heavy atom. The highest BCUT2D eigenvalue weighted by Crippen LogP contribution is 2.17. The molecule has 3 rings (SSSR count). The van der Waals surface area contributed by atoms with Gasteiger partial charge < -0.3 is 4.90 Å². The predicted octanol–water partition coefficient (Wildman–Crippen LogP) is 2.39. The van der Waals surface area contributed by atoms with E-state index >= 15 is 0 Å². The van der Waals surface area contributed by atoms with E-state index in [0.29, 0.717) is 17.2 Å². The van der Waals surface area contributed by atoms with Crippen molar-refractivity contribution in [2.45, 2.75) is 37.6 Å². The van der Waals surface area contributed by atoms with E-state index < -0.39 is 15.8 Å². The molecule has 1 aliphatic heterocycles. The summed E-state index contributed by atoms with van der Waals surface area (Å²) in [7, 11) is -3.73. The van der Waals surface area contributed by atoms with E-state index in [2.05, 4.69) is 19.6 Å². The number of rotatable bonds is 5. The van der Waals surface area contributed by atoms with Crippen molar-refractivity contribution >= 4 is 16.0 Å². The van der Waals surface area contributed by atoms with Crippen molar-refractivity contribution in [1.82, 2.24) is 14.7 Å². The van der Waals surface area contributed by atoms with Gasteiger partial charge >= 0.3 is 0 Å². The van der Waals surface area contributed by atoms with Crippen LogP contribution in [0, 0.1) is 12.7 Å². The van der Waals surface area contributed by atoms with Gasteiger partial charge in [-0.2, -0.15) is 0 Å². The largest absolute Gasteiger partial charge is 0.341 e. The van der Waals surface area contributed by atoms with E-state index in [-0.39, 0.29) is 11.4 Å². The van der Waals surface area contributed by atoms with Crippen molar-refractivity contribution < 1.29 is 12.8 Å². The van der Waals surface area contributed by atoms with Gasteiger partial charge in [-0.05, 0) is 56.0 Å². The topological polar surface area (TPSA) is 75.2 Å². The van der Waals surface area contributed by atoms with Gasteiger partial charge in [0.1, 0.15) is 5.82 Å². The second-order valence-electron chi connectivity index (χ2n) is 6.13. The Kier molecular flexibility index (Phi) is 5.29. The number of sulfonamides is 1. The number of anilines is 1. The summed E-state index contributed by atoms with van der Waals surface area (Å²) in [6, 6.07) is 5.30. The Morgan fingerprint density at radius 3 is 2.68 bits per heavy atom. The molecule has 0 aliphatic carbocycles. The molecule has 1 fully saturated rings. The van der Waals surface area contributed by atoms with Crippen LogP contribution in [0.1, 0.15) is 30.5 Å². The van der Waals surface area contributed by atoms with E-state index in [1.54, 1.807) is 19.2 Å². The quantitative estimate of drug-likeness (QED) is 0.882. The van der Waals surface area contributed by atoms with Crippen LogP contribution < -0.4 is 9.62 Å². The zero-order chi connectivity index (χ0) is 17.9. The summed E-state index contributed by atoms with van der Waals surface area (Å²) in [5, 5.41) is 0. The van der Waals surface area contributed by atoms with E-state index in [4.69, 9.17) is 0 Å². The number of benzene rings is 1. The monoisotopic (exact) mass is 364 g/mol. The zero-order valence-corrected chi connectivity index (χ0v) is 14.9. The fourth-order valence-electron chi connectivity index (χ4n) is 2.89. The van der Waals surface area contributed by atoms with Crippen LogP contribution in [0.4, 0.5) is 10.3 Å². The van der Waals surface area contributed by atoms with Gasteiger partial charge in [0.05, 0.1) is 17.1 Å². The molecule has 8 heteroatoms. The first-order valence-corrected chi connectivity index (χ1v) is 9.77. The second kappa shape index (κ2) is 7.45. The first-order chi connectivity index (χ1) is 12.0. The normalized spacial score (nSPS) is 15.4. The number of halogens is 1. The fraction of sp³-hybridized carbons (Fsp3) is 0.412. The highest BCUT2D eigenvalue weighted by Gasteiger charge is 2.18. The van der Waals surface area contributed by atoms with E-state index in [1.807, 2.05) is 0 Å². The maximum atomic E-state index is 13.2. The van der Waals surface area contributed by atoms with Crippen LogP contribution in [0.3, 0.4) is 0 Å². The summed E-state index contributed by atoms with van der Waals surface area (Å²) in [6.07, 6.45) is 5.09. The maximum absolute atomic E-state index is 13.2. The van der Waals surface area contributed by atoms with Crippen molar-refractivity contribution in [3.63, 3.8) is 0 Å². The summed E-state index contributed by atoms with van der Waals surface area (Å²) in [4.78, 5) is 10.9. The lowest BCUT2D eigenvalue weighted by Crippen LogP contribution is -2.31. The molecule has 2 heterocycles. The molecule has 1 saturated heterocycles. The second-order valence-corrected chi connectivity index (χ2v) is 7.87. The van der Waals surface area contributed by atoms with Gasteiger partial charge in [0.2, 0.25) is 16.0 Å². The fourth-order valence-corrected chi connectivity index (χ4v) is 4.11. The molecular weight excluding hydrogens is 343 g/mol.